The highest BCUT2D eigenvalue weighted by atomic mass is 35.5. The second kappa shape index (κ2) is 7.48. The molecule has 6 heteroatoms. The smallest absolute Gasteiger partial charge is 0.141 e. The maximum Gasteiger partial charge on any atom is 0.141 e. The Morgan fingerprint density at radius 2 is 2.00 bits per heavy atom. The molecular weight excluding hydrogens is 351 g/mol. The maximum absolute atomic E-state index is 13.4. The van der Waals surface area contributed by atoms with Gasteiger partial charge in [0.25, 0.3) is 0 Å². The van der Waals surface area contributed by atoms with Gasteiger partial charge in [-0.3, -0.25) is 9.88 Å². The van der Waals surface area contributed by atoms with Gasteiger partial charge < -0.3 is 0 Å². The molecule has 3 aromatic rings. The van der Waals surface area contributed by atoms with E-state index in [0.717, 1.165) is 42.9 Å². The maximum atomic E-state index is 13.4. The van der Waals surface area contributed by atoms with Crippen molar-refractivity contribution in [2.45, 2.75) is 18.9 Å². The fourth-order valence-electron chi connectivity index (χ4n) is 3.43. The van der Waals surface area contributed by atoms with Gasteiger partial charge in [-0.05, 0) is 54.8 Å². The highest BCUT2D eigenvalue weighted by Gasteiger charge is 2.24. The number of halogens is 2. The third-order valence-electron chi connectivity index (χ3n) is 4.76. The first-order chi connectivity index (χ1) is 12.7. The van der Waals surface area contributed by atoms with E-state index in [9.17, 15) is 4.39 Å². The van der Waals surface area contributed by atoms with Crippen molar-refractivity contribution in [3.8, 4) is 11.3 Å². The molecule has 0 saturated carbocycles. The van der Waals surface area contributed by atoms with Crippen LogP contribution in [0.25, 0.3) is 11.3 Å². The summed E-state index contributed by atoms with van der Waals surface area (Å²) in [6.45, 7) is 2.89. The monoisotopic (exact) mass is 368 g/mol. The summed E-state index contributed by atoms with van der Waals surface area (Å²) in [7, 11) is 0. The van der Waals surface area contributed by atoms with Gasteiger partial charge in [-0.2, -0.15) is 0 Å². The molecule has 1 fully saturated rings. The van der Waals surface area contributed by atoms with Crippen LogP contribution in [0.5, 0.6) is 0 Å². The molecule has 26 heavy (non-hydrogen) atoms. The van der Waals surface area contributed by atoms with Gasteiger partial charge in [-0.15, -0.1) is 0 Å². The first-order valence-corrected chi connectivity index (χ1v) is 8.94. The van der Waals surface area contributed by atoms with Crippen LogP contribution in [0.15, 0.2) is 55.2 Å². The predicted molar refractivity (Wildman–Crippen MR) is 99.3 cm³/mol. The largest absolute Gasteiger partial charge is 0.298 e. The van der Waals surface area contributed by atoms with Crippen LogP contribution in [0, 0.1) is 5.82 Å². The van der Waals surface area contributed by atoms with Gasteiger partial charge in [0.1, 0.15) is 12.1 Å². The Labute approximate surface area is 156 Å². The number of hydrogen-bond acceptors (Lipinski definition) is 4. The van der Waals surface area contributed by atoms with Crippen molar-refractivity contribution in [2.75, 3.05) is 13.1 Å². The van der Waals surface area contributed by atoms with Crippen LogP contribution >= 0.6 is 11.6 Å². The van der Waals surface area contributed by atoms with E-state index in [4.69, 9.17) is 11.6 Å². The molecule has 4 nitrogen and oxygen atoms in total. The number of nitrogens with zero attached hydrogens (tertiary/aromatic N) is 4. The topological polar surface area (TPSA) is 41.9 Å². The number of benzene rings is 1. The van der Waals surface area contributed by atoms with E-state index in [1.165, 1.54) is 11.6 Å². The Bertz CT molecular complexity index is 903. The lowest BCUT2D eigenvalue weighted by molar-refractivity contribution is 0.326. The van der Waals surface area contributed by atoms with Crippen molar-refractivity contribution in [3.63, 3.8) is 0 Å². The highest BCUT2D eigenvalue weighted by molar-refractivity contribution is 6.31. The van der Waals surface area contributed by atoms with E-state index < -0.39 is 5.82 Å². The first-order valence-electron chi connectivity index (χ1n) is 8.56. The highest BCUT2D eigenvalue weighted by Crippen LogP contribution is 2.31. The van der Waals surface area contributed by atoms with Crippen molar-refractivity contribution in [1.82, 2.24) is 19.9 Å². The third kappa shape index (κ3) is 3.74. The Hall–Kier alpha value is -2.37. The Morgan fingerprint density at radius 3 is 2.81 bits per heavy atom. The van der Waals surface area contributed by atoms with Gasteiger partial charge in [0.2, 0.25) is 0 Å². The van der Waals surface area contributed by atoms with Crippen LogP contribution in [0.3, 0.4) is 0 Å². The quantitative estimate of drug-likeness (QED) is 0.687. The molecule has 1 aliphatic heterocycles. The molecule has 4 rings (SSSR count). The molecule has 1 aliphatic rings. The summed E-state index contributed by atoms with van der Waals surface area (Å²) >= 11 is 5.91. The summed E-state index contributed by atoms with van der Waals surface area (Å²) in [6, 6.07) is 8.87. The SMILES string of the molecule is Fc1ccc(-c2cc([C@H]3CCN(Cc4cncnc4)C3)ccn2)cc1Cl. The Morgan fingerprint density at radius 1 is 1.15 bits per heavy atom. The fraction of sp³-hybridized carbons (Fsp3) is 0.250. The van der Waals surface area contributed by atoms with E-state index in [0.29, 0.717) is 5.92 Å². The molecule has 132 valence electrons. The lowest BCUT2D eigenvalue weighted by atomic mass is 9.97. The predicted octanol–water partition coefficient (Wildman–Crippen LogP) is 4.32. The summed E-state index contributed by atoms with van der Waals surface area (Å²) in [5.41, 5.74) is 4.03. The number of hydrogen-bond donors (Lipinski definition) is 0. The molecule has 1 saturated heterocycles. The van der Waals surface area contributed by atoms with Crippen LogP contribution < -0.4 is 0 Å². The van der Waals surface area contributed by atoms with Gasteiger partial charge in [0, 0.05) is 42.8 Å². The molecule has 3 heterocycles. The third-order valence-corrected chi connectivity index (χ3v) is 5.05. The second-order valence-electron chi connectivity index (χ2n) is 6.57. The van der Waals surface area contributed by atoms with Crippen molar-refractivity contribution in [1.29, 1.82) is 0 Å². The second-order valence-corrected chi connectivity index (χ2v) is 6.98. The minimum Gasteiger partial charge on any atom is -0.298 e. The van der Waals surface area contributed by atoms with Crippen LogP contribution in [0.1, 0.15) is 23.5 Å². The van der Waals surface area contributed by atoms with Crippen LogP contribution in [-0.4, -0.2) is 32.9 Å². The number of pyridine rings is 1. The van der Waals surface area contributed by atoms with E-state index in [-0.39, 0.29) is 5.02 Å². The summed E-state index contributed by atoms with van der Waals surface area (Å²) in [5.74, 6) is 0.0419. The zero-order chi connectivity index (χ0) is 17.9. The molecular formula is C20H18ClFN4. The van der Waals surface area contributed by atoms with Crippen LogP contribution in [-0.2, 0) is 6.54 Å². The first kappa shape index (κ1) is 17.1. The van der Waals surface area contributed by atoms with E-state index in [1.54, 1.807) is 18.5 Å². The molecule has 1 atom stereocenters. The number of rotatable bonds is 4. The molecule has 0 amide bonds. The zero-order valence-corrected chi connectivity index (χ0v) is 14.9. The summed E-state index contributed by atoms with van der Waals surface area (Å²) in [5, 5.41) is 0.117. The minimum atomic E-state index is -0.414. The molecule has 0 aliphatic carbocycles. The lowest BCUT2D eigenvalue weighted by Gasteiger charge is -2.16. The summed E-state index contributed by atoms with van der Waals surface area (Å²) in [4.78, 5) is 15.0. The molecule has 1 aromatic carbocycles. The van der Waals surface area contributed by atoms with E-state index in [1.807, 2.05) is 18.6 Å². The Balaban J connectivity index is 1.49. The van der Waals surface area contributed by atoms with Crippen molar-refractivity contribution in [2.24, 2.45) is 0 Å². The fourth-order valence-corrected chi connectivity index (χ4v) is 3.61. The molecule has 2 aromatic heterocycles. The van der Waals surface area contributed by atoms with E-state index in [2.05, 4.69) is 32.0 Å². The molecule has 0 radical (unpaired) electrons. The zero-order valence-electron chi connectivity index (χ0n) is 14.1. The molecule has 0 N–H and O–H groups in total. The van der Waals surface area contributed by atoms with Crippen molar-refractivity contribution >= 4 is 11.6 Å². The van der Waals surface area contributed by atoms with Crippen LogP contribution in [0.4, 0.5) is 4.39 Å². The summed E-state index contributed by atoms with van der Waals surface area (Å²) < 4.78 is 13.4. The molecule has 0 spiro atoms. The van der Waals surface area contributed by atoms with Crippen molar-refractivity contribution in [3.05, 3.63) is 77.2 Å². The van der Waals surface area contributed by atoms with Gasteiger partial charge in [-0.1, -0.05) is 11.6 Å². The van der Waals surface area contributed by atoms with E-state index >= 15 is 0 Å². The molecule has 0 bridgehead atoms. The standard InChI is InChI=1S/C20H18ClFN4/c21-18-7-16(1-2-19(18)22)20-8-15(3-5-25-20)17-4-6-26(12-17)11-14-9-23-13-24-10-14/h1-3,5,7-10,13,17H,4,6,11-12H2/t17-/m0/s1. The van der Waals surface area contributed by atoms with Gasteiger partial charge in [0.15, 0.2) is 0 Å². The van der Waals surface area contributed by atoms with Crippen molar-refractivity contribution < 1.29 is 4.39 Å². The normalized spacial score (nSPS) is 17.5. The molecule has 0 unspecified atom stereocenters. The van der Waals surface area contributed by atoms with Gasteiger partial charge >= 0.3 is 0 Å². The Kier molecular flexibility index (Phi) is 4.91. The average Bonchev–Trinajstić information content (AvgIpc) is 3.13. The minimum absolute atomic E-state index is 0.117. The van der Waals surface area contributed by atoms with Gasteiger partial charge in [-0.25, -0.2) is 14.4 Å². The number of aromatic nitrogens is 3. The average molecular weight is 369 g/mol. The number of likely N-dealkylation sites (tertiary alicyclic amines) is 1. The van der Waals surface area contributed by atoms with Gasteiger partial charge in [0.05, 0.1) is 10.7 Å². The summed E-state index contributed by atoms with van der Waals surface area (Å²) in [6.07, 6.45) is 8.19. The van der Waals surface area contributed by atoms with Crippen LogP contribution in [0.2, 0.25) is 5.02 Å². The lowest BCUT2D eigenvalue weighted by Crippen LogP contribution is -2.20.